The monoisotopic (exact) mass is 280 g/mol. The van der Waals surface area contributed by atoms with Crippen molar-refractivity contribution in [3.63, 3.8) is 0 Å². The van der Waals surface area contributed by atoms with Gasteiger partial charge in [0, 0.05) is 16.1 Å². The Morgan fingerprint density at radius 2 is 1.88 bits per heavy atom. The van der Waals surface area contributed by atoms with E-state index in [2.05, 4.69) is 15.9 Å². The average molecular weight is 281 g/mol. The lowest BCUT2D eigenvalue weighted by atomic mass is 10.2. The van der Waals surface area contributed by atoms with Crippen molar-refractivity contribution in [3.8, 4) is 11.5 Å². The van der Waals surface area contributed by atoms with Gasteiger partial charge in [-0.15, -0.1) is 0 Å². The fraction of sp³-hybridized carbons (Fsp3) is 0.0769. The largest absolute Gasteiger partial charge is 0.457 e. The fourth-order valence-corrected chi connectivity index (χ4v) is 1.70. The van der Waals surface area contributed by atoms with Crippen LogP contribution in [0, 0.1) is 12.7 Å². The van der Waals surface area contributed by atoms with Gasteiger partial charge in [0.05, 0.1) is 0 Å². The second kappa shape index (κ2) is 4.66. The highest BCUT2D eigenvalue weighted by molar-refractivity contribution is 9.10. The molecule has 0 bridgehead atoms. The van der Waals surface area contributed by atoms with E-state index in [1.54, 1.807) is 12.1 Å². The molecule has 0 saturated carbocycles. The van der Waals surface area contributed by atoms with Crippen LogP contribution in [0.1, 0.15) is 5.56 Å². The first-order chi connectivity index (χ1) is 7.66. The number of hydrogen-bond donors (Lipinski definition) is 0. The Hall–Kier alpha value is -1.35. The molecular weight excluding hydrogens is 271 g/mol. The zero-order valence-electron chi connectivity index (χ0n) is 8.71. The van der Waals surface area contributed by atoms with Gasteiger partial charge in [-0.05, 0) is 31.2 Å². The lowest BCUT2D eigenvalue weighted by molar-refractivity contribution is 0.473. The molecule has 1 nitrogen and oxygen atoms in total. The van der Waals surface area contributed by atoms with E-state index in [0.717, 1.165) is 15.8 Å². The van der Waals surface area contributed by atoms with Crippen molar-refractivity contribution < 1.29 is 9.13 Å². The van der Waals surface area contributed by atoms with Gasteiger partial charge in [-0.1, -0.05) is 28.1 Å². The maximum Gasteiger partial charge on any atom is 0.131 e. The third kappa shape index (κ3) is 2.42. The summed E-state index contributed by atoms with van der Waals surface area (Å²) in [5.41, 5.74) is 0.992. The van der Waals surface area contributed by atoms with Gasteiger partial charge in [-0.3, -0.25) is 0 Å². The van der Waals surface area contributed by atoms with Crippen LogP contribution in [0.2, 0.25) is 0 Å². The van der Waals surface area contributed by atoms with Crippen LogP contribution in [-0.4, -0.2) is 0 Å². The molecule has 0 aliphatic heterocycles. The molecule has 0 amide bonds. The summed E-state index contributed by atoms with van der Waals surface area (Å²) >= 11 is 3.42. The van der Waals surface area contributed by atoms with Crippen molar-refractivity contribution >= 4 is 15.9 Å². The molecule has 0 N–H and O–H groups in total. The molecule has 82 valence electrons. The number of rotatable bonds is 2. The van der Waals surface area contributed by atoms with E-state index in [9.17, 15) is 4.39 Å². The Balaban J connectivity index is 2.31. The molecule has 0 spiro atoms. The van der Waals surface area contributed by atoms with Gasteiger partial charge in [0.2, 0.25) is 0 Å². The van der Waals surface area contributed by atoms with Gasteiger partial charge in [0.15, 0.2) is 0 Å². The topological polar surface area (TPSA) is 9.23 Å². The lowest BCUT2D eigenvalue weighted by Crippen LogP contribution is -1.88. The summed E-state index contributed by atoms with van der Waals surface area (Å²) in [6.07, 6.45) is 0. The number of ether oxygens (including phenoxy) is 1. The van der Waals surface area contributed by atoms with Gasteiger partial charge in [-0.25, -0.2) is 4.39 Å². The minimum absolute atomic E-state index is 0.301. The van der Waals surface area contributed by atoms with E-state index < -0.39 is 0 Å². The Kier molecular flexibility index (Phi) is 3.25. The average Bonchev–Trinajstić information content (AvgIpc) is 2.25. The maximum absolute atomic E-state index is 13.0. The zero-order chi connectivity index (χ0) is 11.5. The number of halogens is 2. The Morgan fingerprint density at radius 3 is 2.62 bits per heavy atom. The Morgan fingerprint density at radius 1 is 1.12 bits per heavy atom. The summed E-state index contributed by atoms with van der Waals surface area (Å²) in [6.45, 7) is 1.94. The molecule has 2 aromatic rings. The third-order valence-electron chi connectivity index (χ3n) is 2.24. The third-order valence-corrected chi connectivity index (χ3v) is 3.10. The molecule has 2 aromatic carbocycles. The molecule has 0 heterocycles. The van der Waals surface area contributed by atoms with Crippen LogP contribution in [0.4, 0.5) is 4.39 Å². The molecule has 16 heavy (non-hydrogen) atoms. The summed E-state index contributed by atoms with van der Waals surface area (Å²) in [5, 5.41) is 0. The molecular formula is C13H10BrFO. The van der Waals surface area contributed by atoms with Crippen molar-refractivity contribution in [1.82, 2.24) is 0 Å². The molecule has 0 unspecified atom stereocenters. The van der Waals surface area contributed by atoms with Crippen LogP contribution in [0.25, 0.3) is 0 Å². The van der Waals surface area contributed by atoms with E-state index >= 15 is 0 Å². The highest BCUT2D eigenvalue weighted by Crippen LogP contribution is 2.29. The van der Waals surface area contributed by atoms with Crippen molar-refractivity contribution in [2.75, 3.05) is 0 Å². The van der Waals surface area contributed by atoms with E-state index in [-0.39, 0.29) is 5.82 Å². The number of hydrogen-bond acceptors (Lipinski definition) is 1. The number of benzene rings is 2. The van der Waals surface area contributed by atoms with Crippen LogP contribution < -0.4 is 4.74 Å². The van der Waals surface area contributed by atoms with E-state index in [1.807, 2.05) is 25.1 Å². The van der Waals surface area contributed by atoms with E-state index in [0.29, 0.717) is 5.75 Å². The molecule has 3 heteroatoms. The van der Waals surface area contributed by atoms with Crippen LogP contribution in [0.5, 0.6) is 11.5 Å². The van der Waals surface area contributed by atoms with Crippen LogP contribution in [0.3, 0.4) is 0 Å². The quantitative estimate of drug-likeness (QED) is 0.776. The molecule has 0 radical (unpaired) electrons. The standard InChI is InChI=1S/C13H10BrFO/c1-9-12(14)6-3-7-13(9)16-11-5-2-4-10(15)8-11/h2-8H,1H3. The van der Waals surface area contributed by atoms with Crippen molar-refractivity contribution in [2.45, 2.75) is 6.92 Å². The van der Waals surface area contributed by atoms with Crippen molar-refractivity contribution in [2.24, 2.45) is 0 Å². The predicted octanol–water partition coefficient (Wildman–Crippen LogP) is 4.69. The summed E-state index contributed by atoms with van der Waals surface area (Å²) in [7, 11) is 0. The van der Waals surface area contributed by atoms with Gasteiger partial charge in [-0.2, -0.15) is 0 Å². The second-order valence-corrected chi connectivity index (χ2v) is 4.28. The Bertz CT molecular complexity index is 511. The smallest absolute Gasteiger partial charge is 0.131 e. The normalized spacial score (nSPS) is 10.2. The molecule has 0 atom stereocenters. The van der Waals surface area contributed by atoms with Gasteiger partial charge in [0.1, 0.15) is 17.3 Å². The molecule has 0 aromatic heterocycles. The summed E-state index contributed by atoms with van der Waals surface area (Å²) in [6, 6.07) is 11.8. The Labute approximate surface area is 102 Å². The highest BCUT2D eigenvalue weighted by atomic mass is 79.9. The fourth-order valence-electron chi connectivity index (χ4n) is 1.36. The van der Waals surface area contributed by atoms with Crippen molar-refractivity contribution in [1.29, 1.82) is 0 Å². The summed E-state index contributed by atoms with van der Waals surface area (Å²) in [4.78, 5) is 0. The first kappa shape index (κ1) is 11.1. The highest BCUT2D eigenvalue weighted by Gasteiger charge is 2.04. The summed E-state index contributed by atoms with van der Waals surface area (Å²) < 4.78 is 19.5. The van der Waals surface area contributed by atoms with Crippen LogP contribution in [0.15, 0.2) is 46.9 Å². The molecule has 2 rings (SSSR count). The maximum atomic E-state index is 13.0. The van der Waals surface area contributed by atoms with Crippen LogP contribution >= 0.6 is 15.9 Å². The second-order valence-electron chi connectivity index (χ2n) is 3.42. The molecule has 0 aliphatic carbocycles. The van der Waals surface area contributed by atoms with E-state index in [4.69, 9.17) is 4.74 Å². The predicted molar refractivity (Wildman–Crippen MR) is 65.4 cm³/mol. The van der Waals surface area contributed by atoms with Gasteiger partial charge >= 0.3 is 0 Å². The van der Waals surface area contributed by atoms with Crippen molar-refractivity contribution in [3.05, 3.63) is 58.3 Å². The SMILES string of the molecule is Cc1c(Br)cccc1Oc1cccc(F)c1. The van der Waals surface area contributed by atoms with Gasteiger partial charge in [0.25, 0.3) is 0 Å². The van der Waals surface area contributed by atoms with Crippen LogP contribution in [-0.2, 0) is 0 Å². The first-order valence-electron chi connectivity index (χ1n) is 4.85. The summed E-state index contributed by atoms with van der Waals surface area (Å²) in [5.74, 6) is 0.923. The minimum atomic E-state index is -0.301. The minimum Gasteiger partial charge on any atom is -0.457 e. The van der Waals surface area contributed by atoms with Gasteiger partial charge < -0.3 is 4.74 Å². The lowest BCUT2D eigenvalue weighted by Gasteiger charge is -2.09. The molecule has 0 saturated heterocycles. The van der Waals surface area contributed by atoms with E-state index in [1.165, 1.54) is 12.1 Å². The first-order valence-corrected chi connectivity index (χ1v) is 5.64. The molecule has 0 fully saturated rings. The zero-order valence-corrected chi connectivity index (χ0v) is 10.3. The molecule has 0 aliphatic rings.